The molecule has 0 amide bonds. The van der Waals surface area contributed by atoms with Gasteiger partial charge in [0.25, 0.3) is 0 Å². The highest BCUT2D eigenvalue weighted by molar-refractivity contribution is 7.89. The minimum atomic E-state index is -3.42. The predicted octanol–water partition coefficient (Wildman–Crippen LogP) is 1.10. The molecule has 1 aliphatic heterocycles. The van der Waals surface area contributed by atoms with Gasteiger partial charge >= 0.3 is 0 Å². The number of quaternary nitrogens is 1. The molecule has 1 heterocycles. The largest absolute Gasteiger partial charge is 0.497 e. The number of piperazine rings is 1. The highest BCUT2D eigenvalue weighted by Crippen LogP contribution is 2.23. The molecular weight excluding hydrogens is 364 g/mol. The Kier molecular flexibility index (Phi) is 6.04. The lowest BCUT2D eigenvalue weighted by atomic mass is 10.1. The Morgan fingerprint density at radius 1 is 1.00 bits per heavy atom. The Labute approximate surface area is 161 Å². The van der Waals surface area contributed by atoms with Crippen LogP contribution in [0.25, 0.3) is 0 Å². The van der Waals surface area contributed by atoms with E-state index in [1.165, 1.54) is 4.90 Å². The Bertz CT molecular complexity index is 873. The van der Waals surface area contributed by atoms with Crippen molar-refractivity contribution < 1.29 is 22.8 Å². The van der Waals surface area contributed by atoms with Crippen LogP contribution < -0.4 is 14.4 Å². The first-order valence-electron chi connectivity index (χ1n) is 9.05. The van der Waals surface area contributed by atoms with Gasteiger partial charge in [-0.1, -0.05) is 17.7 Å². The third kappa shape index (κ3) is 4.43. The van der Waals surface area contributed by atoms with Crippen molar-refractivity contribution in [2.45, 2.75) is 18.4 Å². The molecule has 1 saturated heterocycles. The van der Waals surface area contributed by atoms with Crippen LogP contribution in [0.5, 0.6) is 11.5 Å². The van der Waals surface area contributed by atoms with Crippen molar-refractivity contribution in [2.75, 3.05) is 40.4 Å². The van der Waals surface area contributed by atoms with E-state index in [-0.39, 0.29) is 0 Å². The third-order valence-electron chi connectivity index (χ3n) is 5.02. The Balaban J connectivity index is 1.66. The Morgan fingerprint density at radius 2 is 1.67 bits per heavy atom. The van der Waals surface area contributed by atoms with Gasteiger partial charge in [0.05, 0.1) is 50.9 Å². The summed E-state index contributed by atoms with van der Waals surface area (Å²) in [6, 6.07) is 12.8. The molecule has 7 heteroatoms. The molecule has 146 valence electrons. The van der Waals surface area contributed by atoms with Gasteiger partial charge in [-0.15, -0.1) is 0 Å². The number of aryl methyl sites for hydroxylation is 1. The smallest absolute Gasteiger partial charge is 0.243 e. The highest BCUT2D eigenvalue weighted by Gasteiger charge is 2.30. The number of hydrogen-bond acceptors (Lipinski definition) is 4. The van der Waals surface area contributed by atoms with E-state index >= 15 is 0 Å². The van der Waals surface area contributed by atoms with E-state index in [4.69, 9.17) is 9.47 Å². The highest BCUT2D eigenvalue weighted by atomic mass is 32.2. The lowest BCUT2D eigenvalue weighted by molar-refractivity contribution is -0.917. The zero-order chi connectivity index (χ0) is 19.4. The molecule has 0 unspecified atom stereocenters. The number of ether oxygens (including phenoxy) is 2. The number of nitrogens with one attached hydrogen (secondary N) is 1. The molecular formula is C20H27N2O4S+. The first kappa shape index (κ1) is 19.7. The summed E-state index contributed by atoms with van der Waals surface area (Å²) in [7, 11) is -0.118. The van der Waals surface area contributed by atoms with Crippen molar-refractivity contribution in [3.63, 3.8) is 0 Å². The minimum absolute atomic E-state index is 0.367. The second-order valence-corrected chi connectivity index (χ2v) is 8.76. The maximum atomic E-state index is 12.8. The van der Waals surface area contributed by atoms with Crippen molar-refractivity contribution in [3.8, 4) is 11.5 Å². The predicted molar refractivity (Wildman–Crippen MR) is 104 cm³/mol. The van der Waals surface area contributed by atoms with Crippen LogP contribution in [0.4, 0.5) is 0 Å². The second-order valence-electron chi connectivity index (χ2n) is 6.82. The summed E-state index contributed by atoms with van der Waals surface area (Å²) in [4.78, 5) is 1.70. The van der Waals surface area contributed by atoms with Crippen LogP contribution in [0.2, 0.25) is 0 Å². The molecule has 1 N–H and O–H groups in total. The molecule has 1 fully saturated rings. The lowest BCUT2D eigenvalue weighted by Gasteiger charge is -2.31. The van der Waals surface area contributed by atoms with Gasteiger partial charge in [-0.3, -0.25) is 0 Å². The molecule has 0 aliphatic carbocycles. The van der Waals surface area contributed by atoms with Gasteiger partial charge in [-0.2, -0.15) is 4.31 Å². The van der Waals surface area contributed by atoms with E-state index in [1.54, 1.807) is 30.7 Å². The monoisotopic (exact) mass is 391 g/mol. The van der Waals surface area contributed by atoms with Gasteiger partial charge in [-0.05, 0) is 37.3 Å². The molecule has 0 bridgehead atoms. The van der Waals surface area contributed by atoms with Crippen LogP contribution >= 0.6 is 0 Å². The normalized spacial score (nSPS) is 16.3. The first-order chi connectivity index (χ1) is 12.9. The van der Waals surface area contributed by atoms with E-state index in [2.05, 4.69) is 0 Å². The molecule has 0 atom stereocenters. The van der Waals surface area contributed by atoms with E-state index in [0.717, 1.165) is 42.3 Å². The molecule has 0 aromatic heterocycles. The molecule has 27 heavy (non-hydrogen) atoms. The average molecular weight is 392 g/mol. The van der Waals surface area contributed by atoms with Crippen LogP contribution in [0.3, 0.4) is 0 Å². The number of nitrogens with zero attached hydrogens (tertiary/aromatic N) is 1. The van der Waals surface area contributed by atoms with E-state index in [1.807, 2.05) is 37.3 Å². The third-order valence-corrected chi connectivity index (χ3v) is 6.93. The summed E-state index contributed by atoms with van der Waals surface area (Å²) in [5.74, 6) is 1.63. The molecule has 2 aromatic rings. The molecule has 0 spiro atoms. The lowest BCUT2D eigenvalue weighted by Crippen LogP contribution is -3.13. The van der Waals surface area contributed by atoms with Crippen molar-refractivity contribution >= 4 is 10.0 Å². The summed E-state index contributed by atoms with van der Waals surface area (Å²) in [6.45, 7) is 5.26. The molecule has 3 rings (SSSR count). The number of benzene rings is 2. The van der Waals surface area contributed by atoms with Gasteiger partial charge in [0.15, 0.2) is 0 Å². The Hall–Kier alpha value is -2.09. The molecule has 0 saturated carbocycles. The van der Waals surface area contributed by atoms with Crippen LogP contribution in [0.15, 0.2) is 47.4 Å². The summed E-state index contributed by atoms with van der Waals surface area (Å²) in [6.07, 6.45) is 0. The number of hydrogen-bond donors (Lipinski definition) is 1. The van der Waals surface area contributed by atoms with Gasteiger partial charge in [0.2, 0.25) is 10.0 Å². The quantitative estimate of drug-likeness (QED) is 0.801. The maximum Gasteiger partial charge on any atom is 0.243 e. The van der Waals surface area contributed by atoms with Gasteiger partial charge in [0, 0.05) is 0 Å². The fourth-order valence-electron chi connectivity index (χ4n) is 3.37. The van der Waals surface area contributed by atoms with E-state index < -0.39 is 10.0 Å². The van der Waals surface area contributed by atoms with Crippen LogP contribution in [0, 0.1) is 6.92 Å². The van der Waals surface area contributed by atoms with Gasteiger partial charge in [-0.25, -0.2) is 8.42 Å². The summed E-state index contributed by atoms with van der Waals surface area (Å²) in [5, 5.41) is 0. The van der Waals surface area contributed by atoms with Crippen molar-refractivity contribution in [1.82, 2.24) is 4.31 Å². The van der Waals surface area contributed by atoms with Gasteiger partial charge in [0.1, 0.15) is 18.0 Å². The molecule has 6 nitrogen and oxygen atoms in total. The van der Waals surface area contributed by atoms with Crippen LogP contribution in [-0.2, 0) is 16.6 Å². The number of methoxy groups -OCH3 is 2. The average Bonchev–Trinajstić information content (AvgIpc) is 2.68. The Morgan fingerprint density at radius 3 is 2.26 bits per heavy atom. The molecule has 2 aromatic carbocycles. The van der Waals surface area contributed by atoms with Crippen molar-refractivity contribution in [2.24, 2.45) is 0 Å². The summed E-state index contributed by atoms with van der Waals surface area (Å²) < 4.78 is 38.0. The van der Waals surface area contributed by atoms with Gasteiger partial charge < -0.3 is 14.4 Å². The van der Waals surface area contributed by atoms with Crippen LogP contribution in [0.1, 0.15) is 11.1 Å². The molecule has 1 aliphatic rings. The summed E-state index contributed by atoms with van der Waals surface area (Å²) >= 11 is 0. The first-order valence-corrected chi connectivity index (χ1v) is 10.5. The summed E-state index contributed by atoms with van der Waals surface area (Å²) in [5.41, 5.74) is 2.12. The fourth-order valence-corrected chi connectivity index (χ4v) is 4.81. The topological polar surface area (TPSA) is 60.3 Å². The van der Waals surface area contributed by atoms with Crippen LogP contribution in [-0.4, -0.2) is 53.1 Å². The second kappa shape index (κ2) is 8.29. The number of sulfonamides is 1. The minimum Gasteiger partial charge on any atom is -0.497 e. The zero-order valence-corrected chi connectivity index (χ0v) is 16.9. The zero-order valence-electron chi connectivity index (χ0n) is 16.1. The SMILES string of the molecule is COc1ccc(OC)c(C[NH+]2CCN(S(=O)(=O)c3ccc(C)cc3)CC2)c1. The standard InChI is InChI=1S/C20H26N2O4S/c1-16-4-7-19(8-5-16)27(23,24)22-12-10-21(11-13-22)15-17-14-18(25-2)6-9-20(17)26-3/h4-9,14H,10-13,15H2,1-3H3/p+1. The van der Waals surface area contributed by atoms with E-state index in [0.29, 0.717) is 18.0 Å². The number of rotatable bonds is 6. The molecule has 0 radical (unpaired) electrons. The van der Waals surface area contributed by atoms with Crippen molar-refractivity contribution in [1.29, 1.82) is 0 Å². The maximum absolute atomic E-state index is 12.8. The van der Waals surface area contributed by atoms with E-state index in [9.17, 15) is 8.42 Å². The fraction of sp³-hybridized carbons (Fsp3) is 0.400. The van der Waals surface area contributed by atoms with Crippen molar-refractivity contribution in [3.05, 3.63) is 53.6 Å².